The molecule has 1 aromatic heterocycles. The number of allylic oxidation sites excluding steroid dienone is 6. The lowest BCUT2D eigenvalue weighted by atomic mass is 9.86. The molecule has 6 nitrogen and oxygen atoms in total. The fraction of sp³-hybridized carbons (Fsp3) is 0.400. The molecular formula is C20H23N5OS. The van der Waals surface area contributed by atoms with Crippen molar-refractivity contribution in [1.82, 2.24) is 19.8 Å². The molecule has 0 amide bonds. The van der Waals surface area contributed by atoms with Crippen LogP contribution in [-0.2, 0) is 7.05 Å². The number of rotatable bonds is 5. The Morgan fingerprint density at radius 2 is 2.30 bits per heavy atom. The van der Waals surface area contributed by atoms with Gasteiger partial charge in [-0.15, -0.1) is 18.2 Å². The van der Waals surface area contributed by atoms with Crippen LogP contribution < -0.4 is 5.69 Å². The van der Waals surface area contributed by atoms with Crippen molar-refractivity contribution in [3.8, 4) is 12.3 Å². The van der Waals surface area contributed by atoms with Gasteiger partial charge in [0.25, 0.3) is 0 Å². The van der Waals surface area contributed by atoms with Crippen molar-refractivity contribution in [2.24, 2.45) is 18.0 Å². The lowest BCUT2D eigenvalue weighted by molar-refractivity contribution is 0.418. The highest BCUT2D eigenvalue weighted by atomic mass is 32.2. The molecule has 0 atom stereocenters. The van der Waals surface area contributed by atoms with E-state index in [0.29, 0.717) is 23.8 Å². The molecule has 27 heavy (non-hydrogen) atoms. The zero-order chi connectivity index (χ0) is 19.2. The third-order valence-corrected chi connectivity index (χ3v) is 5.81. The van der Waals surface area contributed by atoms with Crippen LogP contribution in [0.2, 0.25) is 0 Å². The van der Waals surface area contributed by atoms with E-state index in [1.807, 2.05) is 37.4 Å². The minimum atomic E-state index is -0.288. The molecular weight excluding hydrogens is 358 g/mol. The summed E-state index contributed by atoms with van der Waals surface area (Å²) in [6, 6.07) is 0. The number of tetrazole rings is 1. The van der Waals surface area contributed by atoms with Gasteiger partial charge in [-0.25, -0.2) is 4.79 Å². The van der Waals surface area contributed by atoms with Gasteiger partial charge in [-0.1, -0.05) is 30.6 Å². The van der Waals surface area contributed by atoms with Gasteiger partial charge in [-0.2, -0.15) is 9.36 Å². The summed E-state index contributed by atoms with van der Waals surface area (Å²) in [6.45, 7) is 1.96. The summed E-state index contributed by atoms with van der Waals surface area (Å²) in [5, 5.41) is 8.97. The predicted molar refractivity (Wildman–Crippen MR) is 111 cm³/mol. The Bertz CT molecular complexity index is 948. The topological polar surface area (TPSA) is 65.1 Å². The van der Waals surface area contributed by atoms with Gasteiger partial charge >= 0.3 is 5.69 Å². The minimum absolute atomic E-state index is 0.288. The summed E-state index contributed by atoms with van der Waals surface area (Å²) >= 11 is 1.69. The molecule has 3 rings (SSSR count). The maximum absolute atomic E-state index is 12.4. The molecule has 0 aromatic carbocycles. The molecule has 0 aliphatic heterocycles. The third-order valence-electron chi connectivity index (χ3n) is 4.64. The summed E-state index contributed by atoms with van der Waals surface area (Å²) in [5.41, 5.74) is 2.09. The van der Waals surface area contributed by atoms with Gasteiger partial charge in [0.2, 0.25) is 0 Å². The Balaban J connectivity index is 1.93. The quantitative estimate of drug-likeness (QED) is 0.446. The van der Waals surface area contributed by atoms with Gasteiger partial charge < -0.3 is 0 Å². The van der Waals surface area contributed by atoms with Gasteiger partial charge in [0.05, 0.1) is 10.7 Å². The molecule has 0 bridgehead atoms. The van der Waals surface area contributed by atoms with Crippen LogP contribution in [0.3, 0.4) is 0 Å². The van der Waals surface area contributed by atoms with E-state index in [4.69, 9.17) is 6.42 Å². The maximum atomic E-state index is 12.4. The highest BCUT2D eigenvalue weighted by Crippen LogP contribution is 2.35. The van der Waals surface area contributed by atoms with Gasteiger partial charge in [-0.05, 0) is 42.7 Å². The van der Waals surface area contributed by atoms with E-state index in [2.05, 4.69) is 21.3 Å². The molecule has 0 spiro atoms. The first-order chi connectivity index (χ1) is 13.2. The molecule has 0 unspecified atom stereocenters. The fourth-order valence-electron chi connectivity index (χ4n) is 2.90. The number of terminal acetylenes is 1. The first-order valence-corrected chi connectivity index (χ1v) is 10.0. The zero-order valence-electron chi connectivity index (χ0n) is 15.6. The van der Waals surface area contributed by atoms with E-state index in [0.717, 1.165) is 16.2 Å². The largest absolute Gasteiger partial charge is 0.368 e. The van der Waals surface area contributed by atoms with Crippen molar-refractivity contribution >= 4 is 22.5 Å². The van der Waals surface area contributed by atoms with Crippen LogP contribution in [0.1, 0.15) is 32.6 Å². The van der Waals surface area contributed by atoms with E-state index in [1.165, 1.54) is 28.6 Å². The van der Waals surface area contributed by atoms with Crippen molar-refractivity contribution in [3.63, 3.8) is 0 Å². The highest BCUT2D eigenvalue weighted by molar-refractivity contribution is 8.14. The van der Waals surface area contributed by atoms with Gasteiger partial charge in [-0.3, -0.25) is 4.99 Å². The summed E-state index contributed by atoms with van der Waals surface area (Å²) in [5.74, 6) is 3.91. The van der Waals surface area contributed by atoms with Crippen LogP contribution in [-0.4, -0.2) is 30.6 Å². The summed E-state index contributed by atoms with van der Waals surface area (Å²) in [6.07, 6.45) is 19.7. The van der Waals surface area contributed by atoms with Crippen molar-refractivity contribution in [1.29, 1.82) is 0 Å². The van der Waals surface area contributed by atoms with Crippen molar-refractivity contribution < 1.29 is 0 Å². The normalized spacial score (nSPS) is 18.4. The first kappa shape index (κ1) is 19.2. The van der Waals surface area contributed by atoms with Crippen LogP contribution in [0.5, 0.6) is 0 Å². The molecule has 140 valence electrons. The van der Waals surface area contributed by atoms with Crippen molar-refractivity contribution in [2.45, 2.75) is 32.6 Å². The molecule has 0 saturated heterocycles. The van der Waals surface area contributed by atoms with Crippen molar-refractivity contribution in [3.05, 3.63) is 52.1 Å². The number of aliphatic imine (C=N–C) groups is 1. The van der Waals surface area contributed by atoms with E-state index < -0.39 is 0 Å². The Labute approximate surface area is 163 Å². The zero-order valence-corrected chi connectivity index (χ0v) is 16.4. The average molecular weight is 382 g/mol. The molecule has 0 radical (unpaired) electrons. The molecule has 1 heterocycles. The monoisotopic (exact) mass is 381 g/mol. The predicted octanol–water partition coefficient (Wildman–Crippen LogP) is 3.17. The number of thioether (sulfide) groups is 1. The van der Waals surface area contributed by atoms with Crippen LogP contribution in [0, 0.1) is 18.3 Å². The number of nitrogens with zero attached hydrogens (tertiary/aromatic N) is 5. The lowest BCUT2D eigenvalue weighted by Gasteiger charge is -2.26. The second-order valence-electron chi connectivity index (χ2n) is 6.43. The third kappa shape index (κ3) is 4.22. The number of aromatic nitrogens is 4. The molecule has 1 aromatic rings. The molecule has 1 fully saturated rings. The maximum Gasteiger partial charge on any atom is 0.368 e. The summed E-state index contributed by atoms with van der Waals surface area (Å²) in [7, 11) is 1.58. The van der Waals surface area contributed by atoms with Crippen LogP contribution in [0.4, 0.5) is 0 Å². The van der Waals surface area contributed by atoms with E-state index in [9.17, 15) is 4.79 Å². The lowest BCUT2D eigenvalue weighted by Crippen LogP contribution is -2.24. The van der Waals surface area contributed by atoms with Gasteiger partial charge in [0, 0.05) is 36.1 Å². The van der Waals surface area contributed by atoms with Crippen molar-refractivity contribution in [2.75, 3.05) is 5.75 Å². The highest BCUT2D eigenvalue weighted by Gasteiger charge is 2.25. The Kier molecular flexibility index (Phi) is 6.30. The van der Waals surface area contributed by atoms with Gasteiger partial charge in [0.1, 0.15) is 0 Å². The summed E-state index contributed by atoms with van der Waals surface area (Å²) < 4.78 is 2.54. The minimum Gasteiger partial charge on any atom is -0.254 e. The second kappa shape index (κ2) is 8.87. The number of hydrogen-bond acceptors (Lipinski definition) is 5. The SMILES string of the molecule is C#CC1=C(CS/C(=N/C=C\C)C2CCC2)C(n2nnn(C)c2=O)=CCC=C1. The standard InChI is InChI=1S/C20H23N5OS/c1-4-13-21-19(16-10-8-11-16)27-14-17-15(5-2)9-6-7-12-18(17)25-20(26)24(3)22-23-25/h2,4,6,9,12-13,16H,7-8,10-11,14H2,1,3H3/b13-4-,21-19+. The Morgan fingerprint density at radius 1 is 1.48 bits per heavy atom. The molecule has 2 aliphatic carbocycles. The molecule has 7 heteroatoms. The Hall–Kier alpha value is -2.59. The number of aryl methyl sites for hydroxylation is 1. The summed E-state index contributed by atoms with van der Waals surface area (Å²) in [4.78, 5) is 17.0. The van der Waals surface area contributed by atoms with E-state index >= 15 is 0 Å². The smallest absolute Gasteiger partial charge is 0.254 e. The molecule has 1 saturated carbocycles. The van der Waals surface area contributed by atoms with E-state index in [1.54, 1.807) is 18.8 Å². The fourth-order valence-corrected chi connectivity index (χ4v) is 4.11. The first-order valence-electron chi connectivity index (χ1n) is 9.03. The molecule has 0 N–H and O–H groups in total. The molecule has 2 aliphatic rings. The van der Waals surface area contributed by atoms with Crippen LogP contribution in [0.25, 0.3) is 5.70 Å². The van der Waals surface area contributed by atoms with Crippen LogP contribution >= 0.6 is 11.8 Å². The number of hydrogen-bond donors (Lipinski definition) is 0. The van der Waals surface area contributed by atoms with Crippen LogP contribution in [0.15, 0.2) is 51.4 Å². The van der Waals surface area contributed by atoms with E-state index in [-0.39, 0.29) is 5.69 Å². The van der Waals surface area contributed by atoms with Gasteiger partial charge in [0.15, 0.2) is 0 Å². The average Bonchev–Trinajstić information content (AvgIpc) is 2.84. The Morgan fingerprint density at radius 3 is 2.89 bits per heavy atom. The second-order valence-corrected chi connectivity index (χ2v) is 7.42.